The van der Waals surface area contributed by atoms with Crippen LogP contribution in [-0.4, -0.2) is 23.3 Å². The van der Waals surface area contributed by atoms with Gasteiger partial charge in [0.1, 0.15) is 5.75 Å². The maximum absolute atomic E-state index is 10.8. The Morgan fingerprint density at radius 1 is 1.69 bits per heavy atom. The maximum atomic E-state index is 10.8. The molecule has 0 radical (unpaired) electrons. The lowest BCUT2D eigenvalue weighted by Crippen LogP contribution is -2.52. The van der Waals surface area contributed by atoms with Crippen LogP contribution < -0.4 is 9.97 Å². The van der Waals surface area contributed by atoms with Gasteiger partial charge in [0.25, 0.3) is 5.24 Å². The molecule has 1 aromatic rings. The Morgan fingerprint density at radius 3 is 3.12 bits per heavy atom. The minimum atomic E-state index is -1.02. The van der Waals surface area contributed by atoms with Crippen molar-refractivity contribution in [1.29, 1.82) is 0 Å². The number of para-hydroxylation sites is 1. The van der Waals surface area contributed by atoms with Crippen LogP contribution in [0.2, 0.25) is 0 Å². The number of rotatable bonds is 1. The lowest BCUT2D eigenvalue weighted by Gasteiger charge is -2.28. The van der Waals surface area contributed by atoms with Crippen LogP contribution in [0.3, 0.4) is 0 Å². The van der Waals surface area contributed by atoms with Gasteiger partial charge < -0.3 is 15.0 Å². The number of hydrogen-bond acceptors (Lipinski definition) is 3. The molecule has 1 aromatic carbocycles. The van der Waals surface area contributed by atoms with Gasteiger partial charge >= 0.3 is 7.12 Å². The van der Waals surface area contributed by atoms with Gasteiger partial charge in [-0.15, -0.1) is 0 Å². The van der Waals surface area contributed by atoms with Crippen LogP contribution >= 0.6 is 12.6 Å². The van der Waals surface area contributed by atoms with Crippen molar-refractivity contribution in [2.24, 2.45) is 0 Å². The van der Waals surface area contributed by atoms with Gasteiger partial charge in [0.2, 0.25) is 0 Å². The van der Waals surface area contributed by atoms with Crippen LogP contribution in [0.1, 0.15) is 11.1 Å². The van der Waals surface area contributed by atoms with Crippen LogP contribution in [0.4, 0.5) is 4.79 Å². The minimum Gasteiger partial charge on any atom is -0.534 e. The zero-order valence-corrected chi connectivity index (χ0v) is 9.70. The van der Waals surface area contributed by atoms with Crippen LogP contribution in [-0.2, 0) is 6.42 Å². The third kappa shape index (κ3) is 2.17. The molecule has 0 bridgehead atoms. The highest BCUT2D eigenvalue weighted by Crippen LogP contribution is 2.29. The predicted octanol–water partition coefficient (Wildman–Crippen LogP) is 0.958. The largest absolute Gasteiger partial charge is 0.547 e. The summed E-state index contributed by atoms with van der Waals surface area (Å²) in [4.78, 5) is 10.8. The first kappa shape index (κ1) is 11.4. The van der Waals surface area contributed by atoms with Gasteiger partial charge in [-0.05, 0) is 24.5 Å². The first-order valence-corrected chi connectivity index (χ1v) is 5.45. The smallest absolute Gasteiger partial charge is 0.534 e. The van der Waals surface area contributed by atoms with Gasteiger partial charge in [0, 0.05) is 0 Å². The molecule has 2 rings (SSSR count). The van der Waals surface area contributed by atoms with Crippen molar-refractivity contribution in [1.82, 2.24) is 5.32 Å². The Kier molecular flexibility index (Phi) is 3.11. The zero-order valence-electron chi connectivity index (χ0n) is 8.80. The molecule has 0 saturated carbocycles. The maximum Gasteiger partial charge on any atom is 0.547 e. The molecular formula is C10H12BNO3S. The molecule has 0 aromatic heterocycles. The lowest BCUT2D eigenvalue weighted by atomic mass is 9.72. The molecule has 1 amide bonds. The first-order chi connectivity index (χ1) is 7.58. The summed E-state index contributed by atoms with van der Waals surface area (Å²) in [6.07, 6.45) is 0.546. The fraction of sp³-hybridized carbons (Fsp3) is 0.300. The van der Waals surface area contributed by atoms with E-state index in [1.54, 1.807) is 0 Å². The molecule has 0 saturated heterocycles. The van der Waals surface area contributed by atoms with Crippen LogP contribution in [0.25, 0.3) is 0 Å². The average Bonchev–Trinajstić information content (AvgIpc) is 2.20. The molecular weight excluding hydrogens is 225 g/mol. The van der Waals surface area contributed by atoms with Gasteiger partial charge in [0.05, 0.1) is 5.94 Å². The highest BCUT2D eigenvalue weighted by atomic mass is 32.1. The molecule has 6 heteroatoms. The van der Waals surface area contributed by atoms with Crippen molar-refractivity contribution in [3.8, 4) is 5.75 Å². The van der Waals surface area contributed by atoms with E-state index >= 15 is 0 Å². The Hall–Kier alpha value is -1.14. The van der Waals surface area contributed by atoms with E-state index < -0.39 is 18.3 Å². The van der Waals surface area contributed by atoms with Crippen molar-refractivity contribution in [3.05, 3.63) is 29.3 Å². The summed E-state index contributed by atoms with van der Waals surface area (Å²) in [6.45, 7) is 1.92. The Bertz CT molecular complexity index is 427. The molecule has 1 heterocycles. The van der Waals surface area contributed by atoms with Gasteiger partial charge in [-0.1, -0.05) is 30.8 Å². The fourth-order valence-electron chi connectivity index (χ4n) is 1.86. The van der Waals surface area contributed by atoms with Gasteiger partial charge in [-0.2, -0.15) is 0 Å². The number of nitrogens with one attached hydrogen (secondary N) is 1. The molecule has 1 atom stereocenters. The van der Waals surface area contributed by atoms with E-state index in [2.05, 4.69) is 17.9 Å². The third-order valence-electron chi connectivity index (χ3n) is 2.62. The van der Waals surface area contributed by atoms with E-state index in [4.69, 9.17) is 4.65 Å². The van der Waals surface area contributed by atoms with Crippen molar-refractivity contribution in [2.75, 3.05) is 0 Å². The summed E-state index contributed by atoms with van der Waals surface area (Å²) < 4.78 is 5.38. The average molecular weight is 237 g/mol. The van der Waals surface area contributed by atoms with Crippen molar-refractivity contribution >= 4 is 25.0 Å². The van der Waals surface area contributed by atoms with Gasteiger partial charge in [-0.3, -0.25) is 4.79 Å². The molecule has 1 unspecified atom stereocenters. The number of aryl methyl sites for hydroxylation is 1. The van der Waals surface area contributed by atoms with E-state index in [0.29, 0.717) is 12.2 Å². The van der Waals surface area contributed by atoms with Crippen molar-refractivity contribution in [2.45, 2.75) is 19.3 Å². The number of carbonyl (C=O) groups is 1. The minimum absolute atomic E-state index is 0.445. The number of fused-ring (bicyclic) bond motifs is 1. The Balaban J connectivity index is 2.25. The second kappa shape index (κ2) is 4.39. The molecule has 0 fully saturated rings. The second-order valence-electron chi connectivity index (χ2n) is 3.83. The molecule has 0 spiro atoms. The summed E-state index contributed by atoms with van der Waals surface area (Å²) in [5.41, 5.74) is 1.96. The summed E-state index contributed by atoms with van der Waals surface area (Å²) in [5.74, 6) is 0.263. The summed E-state index contributed by atoms with van der Waals surface area (Å²) in [6, 6.07) is 5.77. The van der Waals surface area contributed by atoms with E-state index in [1.807, 2.05) is 25.1 Å². The monoisotopic (exact) mass is 237 g/mol. The first-order valence-electron chi connectivity index (χ1n) is 5.00. The highest BCUT2D eigenvalue weighted by molar-refractivity contribution is 7.96. The van der Waals surface area contributed by atoms with Crippen LogP contribution in [0.15, 0.2) is 18.2 Å². The second-order valence-corrected chi connectivity index (χ2v) is 4.24. The predicted molar refractivity (Wildman–Crippen MR) is 64.8 cm³/mol. The molecule has 0 aliphatic carbocycles. The molecule has 1 aliphatic heterocycles. The van der Waals surface area contributed by atoms with E-state index in [0.717, 1.165) is 11.1 Å². The normalized spacial score (nSPS) is 18.7. The summed E-state index contributed by atoms with van der Waals surface area (Å²) in [5, 5.41) is 11.8. The molecule has 4 nitrogen and oxygen atoms in total. The van der Waals surface area contributed by atoms with Crippen LogP contribution in [0.5, 0.6) is 5.75 Å². The fourth-order valence-corrected chi connectivity index (χ4v) is 2.03. The number of amides is 1. The van der Waals surface area contributed by atoms with Gasteiger partial charge in [-0.25, -0.2) is 0 Å². The number of benzene rings is 1. The van der Waals surface area contributed by atoms with Gasteiger partial charge in [0.15, 0.2) is 0 Å². The standard InChI is InChI=1S/C10H12BNO3S/c1-6-3-2-4-7-5-8(12-10(13)16)11(14)15-9(6)7/h2-4,8,14H,5H2,1H3,(H2,12,13,16). The van der Waals surface area contributed by atoms with E-state index in [1.165, 1.54) is 0 Å². The number of hydrogen-bond donors (Lipinski definition) is 3. The highest BCUT2D eigenvalue weighted by Gasteiger charge is 2.35. The molecule has 84 valence electrons. The summed E-state index contributed by atoms with van der Waals surface area (Å²) >= 11 is 3.62. The lowest BCUT2D eigenvalue weighted by molar-refractivity contribution is 0.257. The van der Waals surface area contributed by atoms with Crippen molar-refractivity contribution in [3.63, 3.8) is 0 Å². The number of thiol groups is 1. The number of carbonyl (C=O) groups excluding carboxylic acids is 1. The molecule has 2 N–H and O–H groups in total. The molecule has 16 heavy (non-hydrogen) atoms. The topological polar surface area (TPSA) is 58.6 Å². The Labute approximate surface area is 99.6 Å². The van der Waals surface area contributed by atoms with Crippen molar-refractivity contribution < 1.29 is 14.5 Å². The summed E-state index contributed by atoms with van der Waals surface area (Å²) in [7, 11) is -1.02. The third-order valence-corrected chi connectivity index (χ3v) is 2.75. The zero-order chi connectivity index (χ0) is 11.7. The quantitative estimate of drug-likeness (QED) is 0.503. The SMILES string of the molecule is Cc1cccc2c1OB(O)C(NC(=O)S)C2. The molecule has 1 aliphatic rings. The Morgan fingerprint density at radius 2 is 2.44 bits per heavy atom. The van der Waals surface area contributed by atoms with E-state index in [9.17, 15) is 9.82 Å². The van der Waals surface area contributed by atoms with Crippen LogP contribution in [0, 0.1) is 6.92 Å². The van der Waals surface area contributed by atoms with E-state index in [-0.39, 0.29) is 0 Å².